The summed E-state index contributed by atoms with van der Waals surface area (Å²) in [6, 6.07) is 7.38. The van der Waals surface area contributed by atoms with Gasteiger partial charge in [-0.3, -0.25) is 0 Å². The van der Waals surface area contributed by atoms with E-state index in [1.54, 1.807) is 19.1 Å². The zero-order valence-electron chi connectivity index (χ0n) is 14.4. The van der Waals surface area contributed by atoms with Gasteiger partial charge in [0.1, 0.15) is 17.9 Å². The average molecular weight is 365 g/mol. The molecule has 0 bridgehead atoms. The normalized spacial score (nSPS) is 11.6. The van der Waals surface area contributed by atoms with Crippen molar-refractivity contribution >= 4 is 16.0 Å². The number of hydrogen-bond donors (Lipinski definition) is 0. The summed E-state index contributed by atoms with van der Waals surface area (Å²) in [6.45, 7) is 3.02. The molecule has 0 aliphatic carbocycles. The molecule has 0 spiro atoms. The quantitative estimate of drug-likeness (QED) is 0.751. The second kappa shape index (κ2) is 7.20. The fourth-order valence-electron chi connectivity index (χ4n) is 2.29. The van der Waals surface area contributed by atoms with Crippen molar-refractivity contribution in [2.45, 2.75) is 25.3 Å². The molecule has 1 aromatic carbocycles. The van der Waals surface area contributed by atoms with E-state index in [0.717, 1.165) is 4.31 Å². The number of ether oxygens (including phenoxy) is 1. The van der Waals surface area contributed by atoms with Gasteiger partial charge in [-0.25, -0.2) is 22.3 Å². The molecular weight excluding hydrogens is 346 g/mol. The molecule has 8 heteroatoms. The Bertz CT molecular complexity index is 933. The number of sulfonamides is 1. The molecule has 2 aromatic rings. The van der Waals surface area contributed by atoms with E-state index in [1.807, 2.05) is 0 Å². The van der Waals surface area contributed by atoms with Crippen LogP contribution in [-0.4, -0.2) is 32.8 Å². The summed E-state index contributed by atoms with van der Waals surface area (Å²) in [6.07, 6.45) is 0. The number of benzene rings is 1. The Morgan fingerprint density at radius 1 is 1.20 bits per heavy atom. The number of nitrogens with zero attached hydrogens (tertiary/aromatic N) is 1. The predicted molar refractivity (Wildman–Crippen MR) is 90.9 cm³/mol. The minimum absolute atomic E-state index is 0.104. The summed E-state index contributed by atoms with van der Waals surface area (Å²) in [7, 11) is -0.683. The lowest BCUT2D eigenvalue weighted by Crippen LogP contribution is -2.22. The van der Waals surface area contributed by atoms with Gasteiger partial charge in [0.05, 0.1) is 4.90 Å². The summed E-state index contributed by atoms with van der Waals surface area (Å²) in [5, 5.41) is 0. The van der Waals surface area contributed by atoms with Crippen molar-refractivity contribution in [3.63, 3.8) is 0 Å². The molecule has 0 saturated heterocycles. The smallest absolute Gasteiger partial charge is 0.342 e. The highest BCUT2D eigenvalue weighted by Gasteiger charge is 2.19. The highest BCUT2D eigenvalue weighted by molar-refractivity contribution is 7.89. The van der Waals surface area contributed by atoms with E-state index in [1.165, 1.54) is 39.2 Å². The monoisotopic (exact) mass is 365 g/mol. The van der Waals surface area contributed by atoms with Crippen LogP contribution in [0.15, 0.2) is 44.4 Å². The number of esters is 1. The van der Waals surface area contributed by atoms with Gasteiger partial charge in [0.25, 0.3) is 0 Å². The fourth-order valence-corrected chi connectivity index (χ4v) is 3.26. The van der Waals surface area contributed by atoms with E-state index in [-0.39, 0.29) is 22.8 Å². The fraction of sp³-hybridized carbons (Fsp3) is 0.294. The minimum atomic E-state index is -3.57. The molecule has 0 fully saturated rings. The number of carbonyl (C=O) groups is 1. The predicted octanol–water partition coefficient (Wildman–Crippen LogP) is 1.86. The van der Waals surface area contributed by atoms with E-state index >= 15 is 0 Å². The van der Waals surface area contributed by atoms with Crippen LogP contribution in [0.4, 0.5) is 0 Å². The van der Waals surface area contributed by atoms with Gasteiger partial charge in [0, 0.05) is 20.2 Å². The molecule has 7 nitrogen and oxygen atoms in total. The van der Waals surface area contributed by atoms with Gasteiger partial charge >= 0.3 is 11.6 Å². The summed E-state index contributed by atoms with van der Waals surface area (Å²) < 4.78 is 35.5. The molecule has 1 aromatic heterocycles. The summed E-state index contributed by atoms with van der Waals surface area (Å²) in [5.74, 6) is -0.460. The van der Waals surface area contributed by atoms with E-state index in [2.05, 4.69) is 0 Å². The minimum Gasteiger partial charge on any atom is -0.457 e. The second-order valence-corrected chi connectivity index (χ2v) is 7.84. The molecule has 0 amide bonds. The van der Waals surface area contributed by atoms with Gasteiger partial charge in [0.15, 0.2) is 0 Å². The van der Waals surface area contributed by atoms with E-state index < -0.39 is 21.6 Å². The number of rotatable bonds is 5. The lowest BCUT2D eigenvalue weighted by molar-refractivity contribution is 0.0467. The SMILES string of the molecule is Cc1cc(=O)oc(C)c1C(=O)OCc1cccc(S(=O)(=O)N(C)C)c1. The number of carbonyl (C=O) groups excluding carboxylic acids is 1. The van der Waals surface area contributed by atoms with Gasteiger partial charge in [0.2, 0.25) is 10.0 Å². The topological polar surface area (TPSA) is 93.9 Å². The summed E-state index contributed by atoms with van der Waals surface area (Å²) >= 11 is 0. The van der Waals surface area contributed by atoms with Crippen molar-refractivity contribution in [1.82, 2.24) is 4.31 Å². The molecule has 0 unspecified atom stereocenters. The molecule has 25 heavy (non-hydrogen) atoms. The Morgan fingerprint density at radius 2 is 1.88 bits per heavy atom. The maximum Gasteiger partial charge on any atom is 0.342 e. The van der Waals surface area contributed by atoms with Crippen LogP contribution in [0.3, 0.4) is 0 Å². The van der Waals surface area contributed by atoms with E-state index in [9.17, 15) is 18.0 Å². The van der Waals surface area contributed by atoms with Gasteiger partial charge in [-0.1, -0.05) is 12.1 Å². The second-order valence-electron chi connectivity index (χ2n) is 5.69. The molecule has 0 aliphatic rings. The van der Waals surface area contributed by atoms with Gasteiger partial charge in [-0.2, -0.15) is 0 Å². The first-order valence-corrected chi connectivity index (χ1v) is 8.87. The lowest BCUT2D eigenvalue weighted by atomic mass is 10.1. The highest BCUT2D eigenvalue weighted by Crippen LogP contribution is 2.17. The number of aryl methyl sites for hydroxylation is 2. The van der Waals surface area contributed by atoms with Gasteiger partial charge in [-0.15, -0.1) is 0 Å². The first kappa shape index (κ1) is 18.9. The first-order chi connectivity index (χ1) is 11.6. The maximum atomic E-state index is 12.3. The molecule has 0 aliphatic heterocycles. The highest BCUT2D eigenvalue weighted by atomic mass is 32.2. The molecule has 134 valence electrons. The van der Waals surface area contributed by atoms with Gasteiger partial charge < -0.3 is 9.15 Å². The summed E-state index contributed by atoms with van der Waals surface area (Å²) in [4.78, 5) is 23.6. The van der Waals surface area contributed by atoms with Crippen molar-refractivity contribution < 1.29 is 22.4 Å². The zero-order chi connectivity index (χ0) is 18.8. The van der Waals surface area contributed by atoms with Crippen LogP contribution in [0.25, 0.3) is 0 Å². The Hall–Kier alpha value is -2.45. The van der Waals surface area contributed by atoms with Crippen LogP contribution in [0.2, 0.25) is 0 Å². The average Bonchev–Trinajstić information content (AvgIpc) is 2.52. The molecule has 0 atom stereocenters. The molecule has 0 saturated carbocycles. The Morgan fingerprint density at radius 3 is 2.48 bits per heavy atom. The molecule has 0 N–H and O–H groups in total. The maximum absolute atomic E-state index is 12.3. The third-order valence-electron chi connectivity index (χ3n) is 3.59. The van der Waals surface area contributed by atoms with Crippen LogP contribution in [0.5, 0.6) is 0 Å². The Balaban J connectivity index is 2.20. The lowest BCUT2D eigenvalue weighted by Gasteiger charge is -2.13. The molecular formula is C17H19NO6S. The van der Waals surface area contributed by atoms with Crippen molar-refractivity contribution in [2.75, 3.05) is 14.1 Å². The van der Waals surface area contributed by atoms with Crippen LogP contribution in [0, 0.1) is 13.8 Å². The standard InChI is InChI=1S/C17H19NO6S/c1-11-8-15(19)24-12(2)16(11)17(20)23-10-13-6-5-7-14(9-13)25(21,22)18(3)4/h5-9H,10H2,1-4H3. The van der Waals surface area contributed by atoms with Crippen molar-refractivity contribution in [3.05, 3.63) is 63.2 Å². The van der Waals surface area contributed by atoms with Crippen molar-refractivity contribution in [1.29, 1.82) is 0 Å². The molecule has 1 heterocycles. The third-order valence-corrected chi connectivity index (χ3v) is 5.40. The Kier molecular flexibility index (Phi) is 5.44. The van der Waals surface area contributed by atoms with Gasteiger partial charge in [-0.05, 0) is 37.1 Å². The Labute approximate surface area is 145 Å². The van der Waals surface area contributed by atoms with Crippen LogP contribution in [0.1, 0.15) is 27.2 Å². The van der Waals surface area contributed by atoms with Crippen LogP contribution >= 0.6 is 0 Å². The largest absolute Gasteiger partial charge is 0.457 e. The van der Waals surface area contributed by atoms with Crippen molar-refractivity contribution in [3.8, 4) is 0 Å². The van der Waals surface area contributed by atoms with Crippen molar-refractivity contribution in [2.24, 2.45) is 0 Å². The van der Waals surface area contributed by atoms with E-state index in [4.69, 9.17) is 9.15 Å². The number of hydrogen-bond acceptors (Lipinski definition) is 6. The third kappa shape index (κ3) is 4.15. The van der Waals surface area contributed by atoms with Crippen LogP contribution < -0.4 is 5.63 Å². The zero-order valence-corrected chi connectivity index (χ0v) is 15.2. The first-order valence-electron chi connectivity index (χ1n) is 7.43. The van der Waals surface area contributed by atoms with Crippen LogP contribution in [-0.2, 0) is 21.4 Å². The molecule has 2 rings (SSSR count). The molecule has 0 radical (unpaired) electrons. The summed E-state index contributed by atoms with van der Waals surface area (Å²) in [5.41, 5.74) is 0.650. The van der Waals surface area contributed by atoms with E-state index in [0.29, 0.717) is 11.1 Å².